The molecule has 1 aromatic rings. The Bertz CT molecular complexity index is 389. The highest BCUT2D eigenvalue weighted by molar-refractivity contribution is 5.92. The summed E-state index contributed by atoms with van der Waals surface area (Å²) in [5.74, 6) is -1.08. The van der Waals surface area contributed by atoms with E-state index >= 15 is 0 Å². The summed E-state index contributed by atoms with van der Waals surface area (Å²) in [6.07, 6.45) is 0. The van der Waals surface area contributed by atoms with E-state index in [0.717, 1.165) is 12.1 Å². The highest BCUT2D eigenvalue weighted by Gasteiger charge is 2.20. The Morgan fingerprint density at radius 3 is 2.38 bits per heavy atom. The van der Waals surface area contributed by atoms with Gasteiger partial charge in [-0.15, -0.1) is 0 Å². The van der Waals surface area contributed by atoms with Crippen LogP contribution in [0.15, 0.2) is 18.2 Å². The summed E-state index contributed by atoms with van der Waals surface area (Å²) >= 11 is 0. The summed E-state index contributed by atoms with van der Waals surface area (Å²) in [7, 11) is 1.35. The topological polar surface area (TPSA) is 89.7 Å². The molecule has 6 nitrogen and oxygen atoms in total. The predicted molar refractivity (Wildman–Crippen MR) is 58.0 cm³/mol. The van der Waals surface area contributed by atoms with Crippen LogP contribution in [0.5, 0.6) is 5.75 Å². The number of carbonyl (C=O) groups is 1. The van der Waals surface area contributed by atoms with Gasteiger partial charge in [0.25, 0.3) is 5.69 Å². The third-order valence-corrected chi connectivity index (χ3v) is 1.63. The van der Waals surface area contributed by atoms with Crippen molar-refractivity contribution in [3.05, 3.63) is 33.9 Å². The zero-order valence-corrected chi connectivity index (χ0v) is 9.26. The van der Waals surface area contributed by atoms with Crippen LogP contribution >= 0.6 is 0 Å². The maximum absolute atomic E-state index is 10.6. The van der Waals surface area contributed by atoms with Gasteiger partial charge >= 0.3 is 5.97 Å². The van der Waals surface area contributed by atoms with E-state index < -0.39 is 16.6 Å². The molecule has 1 N–H and O–H groups in total. The summed E-state index contributed by atoms with van der Waals surface area (Å²) < 4.78 is 4.74. The number of hydrogen-bond donors (Lipinski definition) is 1. The van der Waals surface area contributed by atoms with Gasteiger partial charge in [0, 0.05) is 0 Å². The molecule has 0 fully saturated rings. The van der Waals surface area contributed by atoms with Gasteiger partial charge in [-0.2, -0.15) is 0 Å². The lowest BCUT2D eigenvalue weighted by Gasteiger charge is -2.01. The molecule has 0 saturated heterocycles. The van der Waals surface area contributed by atoms with Gasteiger partial charge in [0.1, 0.15) is 11.3 Å². The van der Waals surface area contributed by atoms with Gasteiger partial charge < -0.3 is 9.84 Å². The molecule has 0 aromatic heterocycles. The Kier molecular flexibility index (Phi) is 5.55. The number of hydrogen-bond acceptors (Lipinski definition) is 4. The zero-order valence-electron chi connectivity index (χ0n) is 9.26. The number of carboxylic acid groups (broad SMARTS) is 1. The first-order valence-electron chi connectivity index (χ1n) is 4.62. The Labute approximate surface area is 92.6 Å². The Balaban J connectivity index is 0.00000106. The van der Waals surface area contributed by atoms with E-state index in [1.807, 2.05) is 13.8 Å². The number of carboxylic acids is 1. The van der Waals surface area contributed by atoms with E-state index in [-0.39, 0.29) is 11.3 Å². The molecule has 0 aliphatic carbocycles. The summed E-state index contributed by atoms with van der Waals surface area (Å²) in [5.41, 5.74) is -0.826. The van der Waals surface area contributed by atoms with Crippen molar-refractivity contribution in [3.63, 3.8) is 0 Å². The van der Waals surface area contributed by atoms with E-state index in [1.165, 1.54) is 13.2 Å². The van der Waals surface area contributed by atoms with Gasteiger partial charge in [0.15, 0.2) is 0 Å². The number of nitro benzene ring substituents is 1. The minimum Gasteiger partial charge on any atom is -0.497 e. The fraction of sp³-hybridized carbons (Fsp3) is 0.300. The van der Waals surface area contributed by atoms with Crippen LogP contribution in [0.4, 0.5) is 5.69 Å². The molecular formula is C10H13NO5. The molecule has 0 saturated carbocycles. The molecule has 0 atom stereocenters. The van der Waals surface area contributed by atoms with E-state index in [4.69, 9.17) is 9.84 Å². The van der Waals surface area contributed by atoms with Crippen LogP contribution in [0, 0.1) is 10.1 Å². The second-order valence-electron chi connectivity index (χ2n) is 2.45. The smallest absolute Gasteiger partial charge is 0.342 e. The Morgan fingerprint density at radius 1 is 1.44 bits per heavy atom. The van der Waals surface area contributed by atoms with Gasteiger partial charge in [0.2, 0.25) is 0 Å². The van der Waals surface area contributed by atoms with Crippen molar-refractivity contribution in [2.45, 2.75) is 13.8 Å². The minimum atomic E-state index is -1.33. The zero-order chi connectivity index (χ0) is 12.7. The average Bonchev–Trinajstić information content (AvgIpc) is 2.30. The molecule has 0 heterocycles. The normalized spacial score (nSPS) is 8.69. The summed E-state index contributed by atoms with van der Waals surface area (Å²) in [6.45, 7) is 4.00. The number of nitro groups is 1. The summed E-state index contributed by atoms with van der Waals surface area (Å²) in [5, 5.41) is 19.1. The maximum Gasteiger partial charge on any atom is 0.342 e. The summed E-state index contributed by atoms with van der Waals surface area (Å²) in [4.78, 5) is 20.3. The van der Waals surface area contributed by atoms with Crippen LogP contribution in [0.25, 0.3) is 0 Å². The van der Waals surface area contributed by atoms with Gasteiger partial charge in [0.05, 0.1) is 18.1 Å². The maximum atomic E-state index is 10.6. The van der Waals surface area contributed by atoms with Crippen LogP contribution in [0.3, 0.4) is 0 Å². The lowest BCUT2D eigenvalue weighted by atomic mass is 10.2. The molecule has 0 radical (unpaired) electrons. The number of nitrogens with zero attached hydrogens (tertiary/aromatic N) is 1. The molecule has 0 amide bonds. The van der Waals surface area contributed by atoms with Crippen molar-refractivity contribution in [2.24, 2.45) is 0 Å². The van der Waals surface area contributed by atoms with Gasteiger partial charge in [-0.25, -0.2) is 4.79 Å². The Hall–Kier alpha value is -2.11. The third kappa shape index (κ3) is 3.23. The number of aromatic carboxylic acids is 1. The summed E-state index contributed by atoms with van der Waals surface area (Å²) in [6, 6.07) is 3.57. The van der Waals surface area contributed by atoms with Crippen LogP contribution < -0.4 is 4.74 Å². The van der Waals surface area contributed by atoms with Gasteiger partial charge in [-0.3, -0.25) is 10.1 Å². The third-order valence-electron chi connectivity index (χ3n) is 1.63. The van der Waals surface area contributed by atoms with Crippen LogP contribution in [-0.4, -0.2) is 23.1 Å². The molecular weight excluding hydrogens is 214 g/mol. The standard InChI is InChI=1S/C8H7NO5.C2H6/c1-14-5-2-3-6(8(10)11)7(4-5)9(12)13;1-2/h2-4H,1H3,(H,10,11);1-2H3. The molecule has 6 heteroatoms. The molecule has 0 aliphatic heterocycles. The lowest BCUT2D eigenvalue weighted by Crippen LogP contribution is -2.02. The molecule has 1 rings (SSSR count). The predicted octanol–water partition coefficient (Wildman–Crippen LogP) is 2.33. The van der Waals surface area contributed by atoms with Crippen LogP contribution in [-0.2, 0) is 0 Å². The second kappa shape index (κ2) is 6.39. The first kappa shape index (κ1) is 13.9. The monoisotopic (exact) mass is 227 g/mol. The van der Waals surface area contributed by atoms with Gasteiger partial charge in [-0.1, -0.05) is 13.8 Å². The van der Waals surface area contributed by atoms with Crippen molar-refractivity contribution >= 4 is 11.7 Å². The van der Waals surface area contributed by atoms with E-state index in [2.05, 4.69) is 0 Å². The number of methoxy groups -OCH3 is 1. The number of ether oxygens (including phenoxy) is 1. The first-order chi connectivity index (χ1) is 7.56. The van der Waals surface area contributed by atoms with Crippen molar-refractivity contribution in [1.82, 2.24) is 0 Å². The van der Waals surface area contributed by atoms with E-state index in [0.29, 0.717) is 0 Å². The number of rotatable bonds is 3. The molecule has 0 bridgehead atoms. The van der Waals surface area contributed by atoms with Crippen molar-refractivity contribution in [3.8, 4) is 5.75 Å². The molecule has 0 unspecified atom stereocenters. The second-order valence-corrected chi connectivity index (χ2v) is 2.45. The largest absolute Gasteiger partial charge is 0.497 e. The average molecular weight is 227 g/mol. The van der Waals surface area contributed by atoms with Gasteiger partial charge in [-0.05, 0) is 12.1 Å². The molecule has 1 aromatic carbocycles. The molecule has 0 aliphatic rings. The van der Waals surface area contributed by atoms with Crippen molar-refractivity contribution in [1.29, 1.82) is 0 Å². The first-order valence-corrected chi connectivity index (χ1v) is 4.62. The SMILES string of the molecule is CC.COc1ccc(C(=O)O)c([N+](=O)[O-])c1. The fourth-order valence-corrected chi connectivity index (χ4v) is 0.970. The number of benzene rings is 1. The van der Waals surface area contributed by atoms with Crippen LogP contribution in [0.1, 0.15) is 24.2 Å². The molecule has 88 valence electrons. The lowest BCUT2D eigenvalue weighted by molar-refractivity contribution is -0.385. The van der Waals surface area contributed by atoms with Crippen molar-refractivity contribution < 1.29 is 19.6 Å². The quantitative estimate of drug-likeness (QED) is 0.632. The van der Waals surface area contributed by atoms with E-state index in [9.17, 15) is 14.9 Å². The highest BCUT2D eigenvalue weighted by atomic mass is 16.6. The molecule has 16 heavy (non-hydrogen) atoms. The minimum absolute atomic E-state index is 0.252. The van der Waals surface area contributed by atoms with Crippen LogP contribution in [0.2, 0.25) is 0 Å². The molecule has 0 spiro atoms. The fourth-order valence-electron chi connectivity index (χ4n) is 0.970. The van der Waals surface area contributed by atoms with Crippen molar-refractivity contribution in [2.75, 3.05) is 7.11 Å². The van der Waals surface area contributed by atoms with E-state index in [1.54, 1.807) is 0 Å². The highest BCUT2D eigenvalue weighted by Crippen LogP contribution is 2.24. The Morgan fingerprint density at radius 2 is 2.00 bits per heavy atom.